The second-order valence-electron chi connectivity index (χ2n) is 3.89. The lowest BCUT2D eigenvalue weighted by Gasteiger charge is -2.07. The summed E-state index contributed by atoms with van der Waals surface area (Å²) in [5.74, 6) is -0.329. The first-order valence-electron chi connectivity index (χ1n) is 6.26. The van der Waals surface area contributed by atoms with E-state index in [2.05, 4.69) is 13.5 Å². The van der Waals surface area contributed by atoms with Gasteiger partial charge in [0.1, 0.15) is 6.61 Å². The Kier molecular flexibility index (Phi) is 6.81. The Bertz CT molecular complexity index is 385. The van der Waals surface area contributed by atoms with Gasteiger partial charge >= 0.3 is 5.97 Å². The molecule has 0 saturated heterocycles. The molecule has 0 unspecified atom stereocenters. The second-order valence-corrected chi connectivity index (χ2v) is 3.89. The number of hydrogen-bond donors (Lipinski definition) is 0. The summed E-state index contributed by atoms with van der Waals surface area (Å²) in [6, 6.07) is 7.24. The van der Waals surface area contributed by atoms with Crippen molar-refractivity contribution in [1.82, 2.24) is 0 Å². The predicted octanol–water partition coefficient (Wildman–Crippen LogP) is 3.30. The summed E-state index contributed by atoms with van der Waals surface area (Å²) in [7, 11) is 0. The molecular weight excluding hydrogens is 228 g/mol. The Balaban J connectivity index is 2.34. The molecule has 1 rings (SSSR count). The normalized spacial score (nSPS) is 10.1. The fraction of sp³-hybridized carbons (Fsp3) is 0.400. The molecule has 0 saturated carbocycles. The van der Waals surface area contributed by atoms with Crippen LogP contribution in [-0.4, -0.2) is 25.8 Å². The second kappa shape index (κ2) is 8.48. The van der Waals surface area contributed by atoms with Gasteiger partial charge in [0.25, 0.3) is 0 Å². The average molecular weight is 248 g/mol. The number of benzene rings is 1. The van der Waals surface area contributed by atoms with Crippen LogP contribution < -0.4 is 0 Å². The minimum absolute atomic E-state index is 0.286. The molecule has 1 aromatic rings. The number of carbonyl (C=O) groups is 1. The summed E-state index contributed by atoms with van der Waals surface area (Å²) >= 11 is 0. The Hall–Kier alpha value is -1.61. The van der Waals surface area contributed by atoms with E-state index in [0.29, 0.717) is 12.2 Å². The molecule has 0 aromatic heterocycles. The van der Waals surface area contributed by atoms with Gasteiger partial charge in [0.05, 0.1) is 12.2 Å². The molecule has 0 aliphatic carbocycles. The number of esters is 1. The zero-order valence-electron chi connectivity index (χ0n) is 10.9. The maximum Gasteiger partial charge on any atom is 0.338 e. The van der Waals surface area contributed by atoms with Crippen molar-refractivity contribution in [2.45, 2.75) is 19.8 Å². The third-order valence-corrected chi connectivity index (χ3v) is 2.50. The molecule has 3 nitrogen and oxygen atoms in total. The lowest BCUT2D eigenvalue weighted by atomic mass is 10.1. The standard InChI is InChI=1S/C15H20O3/c1-3-5-10-17-11-12-18-15(16)14-9-7-6-8-13(14)4-2/h4,6-9H,2-3,5,10-12H2,1H3. The van der Waals surface area contributed by atoms with Crippen LogP contribution in [0, 0.1) is 0 Å². The van der Waals surface area contributed by atoms with E-state index in [1.165, 1.54) is 0 Å². The SMILES string of the molecule is C=Cc1ccccc1C(=O)OCCOCCCC. The van der Waals surface area contributed by atoms with Gasteiger partial charge in [0.15, 0.2) is 0 Å². The van der Waals surface area contributed by atoms with E-state index in [9.17, 15) is 4.79 Å². The highest BCUT2D eigenvalue weighted by Gasteiger charge is 2.09. The molecule has 18 heavy (non-hydrogen) atoms. The molecule has 0 aliphatic rings. The van der Waals surface area contributed by atoms with Crippen LogP contribution in [0.5, 0.6) is 0 Å². The monoisotopic (exact) mass is 248 g/mol. The van der Waals surface area contributed by atoms with Gasteiger partial charge in [-0.3, -0.25) is 0 Å². The van der Waals surface area contributed by atoms with Crippen LogP contribution in [0.4, 0.5) is 0 Å². The van der Waals surface area contributed by atoms with Gasteiger partial charge in [-0.2, -0.15) is 0 Å². The van der Waals surface area contributed by atoms with Crippen molar-refractivity contribution in [2.75, 3.05) is 19.8 Å². The smallest absolute Gasteiger partial charge is 0.338 e. The first-order chi connectivity index (χ1) is 8.79. The van der Waals surface area contributed by atoms with Gasteiger partial charge in [-0.15, -0.1) is 0 Å². The third kappa shape index (κ3) is 4.72. The van der Waals surface area contributed by atoms with E-state index in [4.69, 9.17) is 9.47 Å². The highest BCUT2D eigenvalue weighted by atomic mass is 16.6. The molecule has 0 radical (unpaired) electrons. The van der Waals surface area contributed by atoms with E-state index >= 15 is 0 Å². The van der Waals surface area contributed by atoms with Crippen molar-refractivity contribution in [3.8, 4) is 0 Å². The fourth-order valence-corrected chi connectivity index (χ4v) is 1.48. The quantitative estimate of drug-likeness (QED) is 0.523. The number of unbranched alkanes of at least 4 members (excludes halogenated alkanes) is 1. The first kappa shape index (κ1) is 14.5. The van der Waals surface area contributed by atoms with Crippen LogP contribution in [0.1, 0.15) is 35.7 Å². The molecule has 98 valence electrons. The average Bonchev–Trinajstić information content (AvgIpc) is 2.42. The van der Waals surface area contributed by atoms with E-state index < -0.39 is 0 Å². The van der Waals surface area contributed by atoms with Gasteiger partial charge < -0.3 is 9.47 Å². The van der Waals surface area contributed by atoms with E-state index in [0.717, 1.165) is 25.0 Å². The highest BCUT2D eigenvalue weighted by molar-refractivity contribution is 5.93. The van der Waals surface area contributed by atoms with Gasteiger partial charge in [0.2, 0.25) is 0 Å². The fourth-order valence-electron chi connectivity index (χ4n) is 1.48. The van der Waals surface area contributed by atoms with Crippen LogP contribution >= 0.6 is 0 Å². The van der Waals surface area contributed by atoms with Crippen LogP contribution in [0.2, 0.25) is 0 Å². The summed E-state index contributed by atoms with van der Waals surface area (Å²) in [6.07, 6.45) is 3.79. The Morgan fingerprint density at radius 1 is 1.28 bits per heavy atom. The molecule has 0 fully saturated rings. The van der Waals surface area contributed by atoms with Gasteiger partial charge in [0, 0.05) is 6.61 Å². The summed E-state index contributed by atoms with van der Waals surface area (Å²) in [5, 5.41) is 0. The number of hydrogen-bond acceptors (Lipinski definition) is 3. The third-order valence-electron chi connectivity index (χ3n) is 2.50. The molecule has 0 heterocycles. The van der Waals surface area contributed by atoms with Crippen molar-refractivity contribution >= 4 is 12.0 Å². The largest absolute Gasteiger partial charge is 0.460 e. The Morgan fingerprint density at radius 2 is 2.06 bits per heavy atom. The zero-order valence-corrected chi connectivity index (χ0v) is 10.9. The predicted molar refractivity (Wildman–Crippen MR) is 72.5 cm³/mol. The molecule has 3 heteroatoms. The van der Waals surface area contributed by atoms with Crippen LogP contribution in [0.25, 0.3) is 6.08 Å². The minimum Gasteiger partial charge on any atom is -0.460 e. The minimum atomic E-state index is -0.329. The van der Waals surface area contributed by atoms with Crippen LogP contribution in [-0.2, 0) is 9.47 Å². The molecule has 0 atom stereocenters. The highest BCUT2D eigenvalue weighted by Crippen LogP contribution is 2.11. The summed E-state index contributed by atoms with van der Waals surface area (Å²) in [4.78, 5) is 11.8. The molecule has 0 bridgehead atoms. The summed E-state index contributed by atoms with van der Waals surface area (Å²) in [6.45, 7) is 7.23. The van der Waals surface area contributed by atoms with Crippen molar-refractivity contribution in [3.05, 3.63) is 42.0 Å². The van der Waals surface area contributed by atoms with Gasteiger partial charge in [-0.1, -0.05) is 44.2 Å². The lowest BCUT2D eigenvalue weighted by molar-refractivity contribution is 0.0313. The first-order valence-corrected chi connectivity index (χ1v) is 6.26. The van der Waals surface area contributed by atoms with Crippen molar-refractivity contribution in [1.29, 1.82) is 0 Å². The number of carbonyl (C=O) groups excluding carboxylic acids is 1. The zero-order chi connectivity index (χ0) is 13.2. The van der Waals surface area contributed by atoms with Gasteiger partial charge in [-0.05, 0) is 18.1 Å². The molecule has 0 N–H and O–H groups in total. The number of ether oxygens (including phenoxy) is 2. The molecular formula is C15H20O3. The van der Waals surface area contributed by atoms with E-state index in [1.807, 2.05) is 12.1 Å². The molecule has 1 aromatic carbocycles. The number of rotatable bonds is 8. The van der Waals surface area contributed by atoms with Crippen LogP contribution in [0.15, 0.2) is 30.8 Å². The summed E-state index contributed by atoms with van der Waals surface area (Å²) < 4.78 is 10.5. The van der Waals surface area contributed by atoms with Crippen molar-refractivity contribution < 1.29 is 14.3 Å². The molecule has 0 amide bonds. The Labute approximate surface area is 108 Å². The van der Waals surface area contributed by atoms with Crippen molar-refractivity contribution in [3.63, 3.8) is 0 Å². The molecule has 0 aliphatic heterocycles. The molecule has 0 spiro atoms. The maximum atomic E-state index is 11.8. The lowest BCUT2D eigenvalue weighted by Crippen LogP contribution is -2.12. The van der Waals surface area contributed by atoms with Gasteiger partial charge in [-0.25, -0.2) is 4.79 Å². The van der Waals surface area contributed by atoms with Crippen LogP contribution in [0.3, 0.4) is 0 Å². The maximum absolute atomic E-state index is 11.8. The van der Waals surface area contributed by atoms with Crippen molar-refractivity contribution in [2.24, 2.45) is 0 Å². The van der Waals surface area contributed by atoms with E-state index in [1.54, 1.807) is 18.2 Å². The van der Waals surface area contributed by atoms with E-state index in [-0.39, 0.29) is 12.6 Å². The topological polar surface area (TPSA) is 35.5 Å². The Morgan fingerprint density at radius 3 is 2.78 bits per heavy atom. The summed E-state index contributed by atoms with van der Waals surface area (Å²) in [5.41, 5.74) is 1.33.